The van der Waals surface area contributed by atoms with Crippen LogP contribution >= 0.6 is 11.6 Å². The molecule has 2 heterocycles. The summed E-state index contributed by atoms with van der Waals surface area (Å²) >= 11 is 5.91. The Kier molecular flexibility index (Phi) is 3.98. The third-order valence-electron chi connectivity index (χ3n) is 4.78. The Balaban J connectivity index is 1.56. The number of carbonyl (C=O) groups is 1. The lowest BCUT2D eigenvalue weighted by atomic mass is 9.79. The lowest BCUT2D eigenvalue weighted by molar-refractivity contribution is -0.142. The van der Waals surface area contributed by atoms with E-state index in [4.69, 9.17) is 16.3 Å². The van der Waals surface area contributed by atoms with E-state index in [9.17, 15) is 4.79 Å². The number of carbonyl (C=O) groups excluding carboxylic acids is 1. The van der Waals surface area contributed by atoms with Gasteiger partial charge in [0.05, 0.1) is 18.8 Å². The van der Waals surface area contributed by atoms with Gasteiger partial charge in [-0.3, -0.25) is 4.79 Å². The lowest BCUT2D eigenvalue weighted by Gasteiger charge is -2.48. The predicted octanol–water partition coefficient (Wildman–Crippen LogP) is 3.19. The summed E-state index contributed by atoms with van der Waals surface area (Å²) in [5.74, 6) is 0.478. The second-order valence-corrected chi connectivity index (χ2v) is 6.82. The Morgan fingerprint density at radius 1 is 1.21 bits per heavy atom. The number of rotatable bonds is 2. The average Bonchev–Trinajstić information content (AvgIpc) is 2.60. The van der Waals surface area contributed by atoms with Gasteiger partial charge in [0.25, 0.3) is 5.91 Å². The van der Waals surface area contributed by atoms with Crippen molar-refractivity contribution in [3.8, 4) is 11.4 Å². The molecule has 0 radical (unpaired) electrons. The van der Waals surface area contributed by atoms with Gasteiger partial charge in [-0.15, -0.1) is 0 Å². The first-order chi connectivity index (χ1) is 11.7. The molecule has 1 saturated carbocycles. The third-order valence-corrected chi connectivity index (χ3v) is 5.03. The molecular weight excluding hydrogens is 326 g/mol. The number of morpholine rings is 1. The fourth-order valence-corrected chi connectivity index (χ4v) is 3.40. The van der Waals surface area contributed by atoms with E-state index >= 15 is 0 Å². The van der Waals surface area contributed by atoms with Crippen LogP contribution in [0.15, 0.2) is 36.5 Å². The molecule has 1 saturated heterocycles. The predicted molar refractivity (Wildman–Crippen MR) is 90.9 cm³/mol. The van der Waals surface area contributed by atoms with Crippen molar-refractivity contribution in [2.45, 2.75) is 24.9 Å². The highest BCUT2D eigenvalue weighted by molar-refractivity contribution is 6.30. The van der Waals surface area contributed by atoms with E-state index < -0.39 is 0 Å². The number of ether oxygens (including phenoxy) is 1. The lowest BCUT2D eigenvalue weighted by Crippen LogP contribution is -2.57. The van der Waals surface area contributed by atoms with Crippen LogP contribution in [0.1, 0.15) is 29.8 Å². The number of hydrogen-bond acceptors (Lipinski definition) is 4. The van der Waals surface area contributed by atoms with Crippen LogP contribution < -0.4 is 0 Å². The number of hydrogen-bond donors (Lipinski definition) is 0. The molecule has 24 heavy (non-hydrogen) atoms. The average molecular weight is 344 g/mol. The monoisotopic (exact) mass is 343 g/mol. The standard InChI is InChI=1S/C18H18ClN3O2/c19-14-4-2-13(3-5-14)16-20-9-6-15(21-16)17(23)22-10-11-24-18(12-22)7-1-8-18/h2-6,9H,1,7-8,10-12H2. The molecule has 2 aromatic rings. The van der Waals surface area contributed by atoms with E-state index in [1.54, 1.807) is 24.4 Å². The van der Waals surface area contributed by atoms with E-state index in [2.05, 4.69) is 9.97 Å². The molecule has 1 aliphatic carbocycles. The molecule has 2 aliphatic rings. The summed E-state index contributed by atoms with van der Waals surface area (Å²) in [6.07, 6.45) is 4.88. The normalized spacial score (nSPS) is 19.1. The molecule has 4 rings (SSSR count). The Morgan fingerprint density at radius 2 is 2.00 bits per heavy atom. The first-order valence-corrected chi connectivity index (χ1v) is 8.55. The molecular formula is C18H18ClN3O2. The summed E-state index contributed by atoms with van der Waals surface area (Å²) in [5, 5.41) is 0.657. The molecule has 1 aromatic carbocycles. The maximum absolute atomic E-state index is 12.8. The number of aromatic nitrogens is 2. The quantitative estimate of drug-likeness (QED) is 0.840. The van der Waals surface area contributed by atoms with Gasteiger partial charge in [-0.05, 0) is 49.6 Å². The zero-order chi connectivity index (χ0) is 16.6. The molecule has 1 aromatic heterocycles. The van der Waals surface area contributed by atoms with Crippen molar-refractivity contribution in [2.24, 2.45) is 0 Å². The molecule has 1 spiro atoms. The van der Waals surface area contributed by atoms with E-state index in [-0.39, 0.29) is 11.5 Å². The topological polar surface area (TPSA) is 55.3 Å². The summed E-state index contributed by atoms with van der Waals surface area (Å²) in [6.45, 7) is 1.87. The van der Waals surface area contributed by atoms with Crippen LogP contribution in [0.4, 0.5) is 0 Å². The van der Waals surface area contributed by atoms with Gasteiger partial charge in [0.2, 0.25) is 0 Å². The van der Waals surface area contributed by atoms with Gasteiger partial charge in [0, 0.05) is 23.3 Å². The Morgan fingerprint density at radius 3 is 2.71 bits per heavy atom. The molecule has 2 fully saturated rings. The molecule has 5 nitrogen and oxygen atoms in total. The first-order valence-electron chi connectivity index (χ1n) is 8.18. The van der Waals surface area contributed by atoms with Gasteiger partial charge in [-0.2, -0.15) is 0 Å². The van der Waals surface area contributed by atoms with Gasteiger partial charge in [0.1, 0.15) is 5.69 Å². The second-order valence-electron chi connectivity index (χ2n) is 6.38. The Bertz CT molecular complexity index is 759. The van der Waals surface area contributed by atoms with Gasteiger partial charge >= 0.3 is 0 Å². The van der Waals surface area contributed by atoms with Crippen LogP contribution in [0.2, 0.25) is 5.02 Å². The number of amides is 1. The molecule has 1 amide bonds. The molecule has 6 heteroatoms. The summed E-state index contributed by atoms with van der Waals surface area (Å²) in [6, 6.07) is 8.95. The van der Waals surface area contributed by atoms with Crippen LogP contribution in [-0.2, 0) is 4.74 Å². The Labute approximate surface area is 145 Å². The fourth-order valence-electron chi connectivity index (χ4n) is 3.27. The highest BCUT2D eigenvalue weighted by Gasteiger charge is 2.43. The zero-order valence-corrected chi connectivity index (χ0v) is 14.0. The number of benzene rings is 1. The summed E-state index contributed by atoms with van der Waals surface area (Å²) < 4.78 is 5.88. The molecule has 0 bridgehead atoms. The van der Waals surface area contributed by atoms with Gasteiger partial charge in [0.15, 0.2) is 5.82 Å². The van der Waals surface area contributed by atoms with Crippen molar-refractivity contribution < 1.29 is 9.53 Å². The molecule has 0 N–H and O–H groups in total. The molecule has 1 aliphatic heterocycles. The fraction of sp³-hybridized carbons (Fsp3) is 0.389. The first kappa shape index (κ1) is 15.5. The van der Waals surface area contributed by atoms with Crippen molar-refractivity contribution in [3.05, 3.63) is 47.2 Å². The van der Waals surface area contributed by atoms with E-state index in [1.165, 1.54) is 6.42 Å². The SMILES string of the molecule is O=C(c1ccnc(-c2ccc(Cl)cc2)n1)N1CCOC2(CCC2)C1. The summed E-state index contributed by atoms with van der Waals surface area (Å²) in [7, 11) is 0. The van der Waals surface area contributed by atoms with Crippen molar-refractivity contribution >= 4 is 17.5 Å². The minimum atomic E-state index is -0.111. The third kappa shape index (κ3) is 2.89. The number of nitrogens with zero attached hydrogens (tertiary/aromatic N) is 3. The van der Waals surface area contributed by atoms with Gasteiger partial charge in [-0.25, -0.2) is 9.97 Å². The van der Waals surface area contributed by atoms with Crippen LogP contribution in [0, 0.1) is 0 Å². The maximum Gasteiger partial charge on any atom is 0.272 e. The maximum atomic E-state index is 12.8. The Hall–Kier alpha value is -1.98. The summed E-state index contributed by atoms with van der Waals surface area (Å²) in [5.41, 5.74) is 1.15. The molecule has 0 unspecified atom stereocenters. The minimum Gasteiger partial charge on any atom is -0.371 e. The van der Waals surface area contributed by atoms with Crippen molar-refractivity contribution in [2.75, 3.05) is 19.7 Å². The zero-order valence-electron chi connectivity index (χ0n) is 13.2. The minimum absolute atomic E-state index is 0.0535. The second kappa shape index (κ2) is 6.15. The van der Waals surface area contributed by atoms with Crippen molar-refractivity contribution in [3.63, 3.8) is 0 Å². The van der Waals surface area contributed by atoms with E-state index in [1.807, 2.05) is 17.0 Å². The van der Waals surface area contributed by atoms with Crippen LogP contribution in [0.3, 0.4) is 0 Å². The number of halogens is 1. The summed E-state index contributed by atoms with van der Waals surface area (Å²) in [4.78, 5) is 23.4. The van der Waals surface area contributed by atoms with E-state index in [0.717, 1.165) is 18.4 Å². The van der Waals surface area contributed by atoms with Crippen molar-refractivity contribution in [1.29, 1.82) is 0 Å². The largest absolute Gasteiger partial charge is 0.371 e. The molecule has 0 atom stereocenters. The van der Waals surface area contributed by atoms with Crippen LogP contribution in [-0.4, -0.2) is 46.1 Å². The van der Waals surface area contributed by atoms with Crippen LogP contribution in [0.25, 0.3) is 11.4 Å². The van der Waals surface area contributed by atoms with Crippen molar-refractivity contribution in [1.82, 2.24) is 14.9 Å². The molecule has 124 valence electrons. The highest BCUT2D eigenvalue weighted by Crippen LogP contribution is 2.38. The van der Waals surface area contributed by atoms with Crippen LogP contribution in [0.5, 0.6) is 0 Å². The van der Waals surface area contributed by atoms with Gasteiger partial charge in [-0.1, -0.05) is 11.6 Å². The highest BCUT2D eigenvalue weighted by atomic mass is 35.5. The smallest absolute Gasteiger partial charge is 0.272 e. The van der Waals surface area contributed by atoms with E-state index in [0.29, 0.717) is 36.2 Å². The van der Waals surface area contributed by atoms with Gasteiger partial charge < -0.3 is 9.64 Å².